The monoisotopic (exact) mass is 505 g/mol. The SMILES string of the molecule is CN=C(NCc1cn2c(C)cccc2n1)N1CCC(Oc2ccccc2)CC1.I. The molecule has 1 N–H and O–H groups in total. The van der Waals surface area contributed by atoms with Crippen molar-refractivity contribution in [1.82, 2.24) is 19.6 Å². The summed E-state index contributed by atoms with van der Waals surface area (Å²) in [7, 11) is 1.84. The zero-order valence-corrected chi connectivity index (χ0v) is 19.2. The Morgan fingerprint density at radius 3 is 2.59 bits per heavy atom. The number of aliphatic imine (C=N–C) groups is 1. The molecule has 3 aromatic rings. The minimum Gasteiger partial charge on any atom is -0.490 e. The molecule has 0 spiro atoms. The van der Waals surface area contributed by atoms with Crippen molar-refractivity contribution in [3.8, 4) is 5.75 Å². The van der Waals surface area contributed by atoms with E-state index in [9.17, 15) is 0 Å². The first kappa shape index (κ1) is 21.4. The number of piperidine rings is 1. The zero-order chi connectivity index (χ0) is 19.3. The molecule has 1 aromatic carbocycles. The molecule has 1 aliphatic rings. The molecule has 6 nitrogen and oxygen atoms in total. The van der Waals surface area contributed by atoms with Gasteiger partial charge in [0.15, 0.2) is 5.96 Å². The Bertz CT molecular complexity index is 948. The first-order valence-electron chi connectivity index (χ1n) is 9.84. The predicted octanol–water partition coefficient (Wildman–Crippen LogP) is 3.88. The van der Waals surface area contributed by atoms with Gasteiger partial charge in [-0.3, -0.25) is 4.99 Å². The van der Waals surface area contributed by atoms with Gasteiger partial charge in [0.05, 0.1) is 12.2 Å². The molecule has 0 amide bonds. The number of aromatic nitrogens is 2. The number of benzene rings is 1. The summed E-state index contributed by atoms with van der Waals surface area (Å²) in [4.78, 5) is 11.5. The third-order valence-corrected chi connectivity index (χ3v) is 5.17. The first-order valence-corrected chi connectivity index (χ1v) is 9.84. The Labute approximate surface area is 189 Å². The molecule has 0 bridgehead atoms. The number of imidazole rings is 1. The van der Waals surface area contributed by atoms with Crippen molar-refractivity contribution in [2.75, 3.05) is 20.1 Å². The van der Waals surface area contributed by atoms with Gasteiger partial charge >= 0.3 is 0 Å². The van der Waals surface area contributed by atoms with Crippen LogP contribution in [0.15, 0.2) is 59.7 Å². The van der Waals surface area contributed by atoms with E-state index < -0.39 is 0 Å². The van der Waals surface area contributed by atoms with Gasteiger partial charge in [0, 0.05) is 44.9 Å². The van der Waals surface area contributed by atoms with E-state index in [2.05, 4.69) is 38.8 Å². The average Bonchev–Trinajstić information content (AvgIpc) is 3.15. The number of nitrogens with one attached hydrogen (secondary N) is 1. The third-order valence-electron chi connectivity index (χ3n) is 5.17. The Kier molecular flexibility index (Phi) is 7.35. The van der Waals surface area contributed by atoms with Crippen LogP contribution in [0.1, 0.15) is 24.2 Å². The molecule has 0 radical (unpaired) electrons. The summed E-state index contributed by atoms with van der Waals surface area (Å²) < 4.78 is 8.21. The van der Waals surface area contributed by atoms with E-state index in [1.165, 1.54) is 5.69 Å². The number of fused-ring (bicyclic) bond motifs is 1. The number of hydrogen-bond donors (Lipinski definition) is 1. The molecule has 4 rings (SSSR count). The van der Waals surface area contributed by atoms with Gasteiger partial charge in [-0.25, -0.2) is 4.98 Å². The second-order valence-electron chi connectivity index (χ2n) is 7.15. The predicted molar refractivity (Wildman–Crippen MR) is 127 cm³/mol. The van der Waals surface area contributed by atoms with Gasteiger partial charge in [-0.15, -0.1) is 24.0 Å². The van der Waals surface area contributed by atoms with Crippen molar-refractivity contribution in [1.29, 1.82) is 0 Å². The number of nitrogens with zero attached hydrogens (tertiary/aromatic N) is 4. The van der Waals surface area contributed by atoms with E-state index in [1.807, 2.05) is 49.5 Å². The molecule has 7 heteroatoms. The van der Waals surface area contributed by atoms with Crippen molar-refractivity contribution in [3.63, 3.8) is 0 Å². The maximum atomic E-state index is 6.09. The summed E-state index contributed by atoms with van der Waals surface area (Å²) in [5.74, 6) is 1.87. The van der Waals surface area contributed by atoms with E-state index in [4.69, 9.17) is 9.72 Å². The van der Waals surface area contributed by atoms with E-state index in [0.29, 0.717) is 6.54 Å². The highest BCUT2D eigenvalue weighted by Crippen LogP contribution is 2.18. The number of hydrogen-bond acceptors (Lipinski definition) is 3. The summed E-state index contributed by atoms with van der Waals surface area (Å²) in [5, 5.41) is 3.46. The van der Waals surface area contributed by atoms with E-state index >= 15 is 0 Å². The fourth-order valence-electron chi connectivity index (χ4n) is 3.66. The third kappa shape index (κ3) is 5.20. The van der Waals surface area contributed by atoms with E-state index in [-0.39, 0.29) is 30.1 Å². The number of para-hydroxylation sites is 1. The Morgan fingerprint density at radius 2 is 1.90 bits per heavy atom. The minimum atomic E-state index is 0. The molecule has 154 valence electrons. The summed E-state index contributed by atoms with van der Waals surface area (Å²) in [6.45, 7) is 4.61. The highest BCUT2D eigenvalue weighted by Gasteiger charge is 2.22. The van der Waals surface area contributed by atoms with Crippen LogP contribution in [0.3, 0.4) is 0 Å². The van der Waals surface area contributed by atoms with Crippen molar-refractivity contribution < 1.29 is 4.74 Å². The second kappa shape index (κ2) is 9.96. The molecule has 0 aliphatic carbocycles. The van der Waals surface area contributed by atoms with Crippen LogP contribution in [0.2, 0.25) is 0 Å². The molecule has 2 aromatic heterocycles. The van der Waals surface area contributed by atoms with Crippen LogP contribution in [-0.2, 0) is 6.54 Å². The van der Waals surface area contributed by atoms with Crippen LogP contribution in [-0.4, -0.2) is 46.5 Å². The van der Waals surface area contributed by atoms with Gasteiger partial charge in [-0.1, -0.05) is 24.3 Å². The summed E-state index contributed by atoms with van der Waals surface area (Å²) in [6, 6.07) is 16.2. The largest absolute Gasteiger partial charge is 0.490 e. The normalized spacial score (nSPS) is 15.2. The maximum Gasteiger partial charge on any atom is 0.193 e. The molecule has 0 saturated carbocycles. The number of ether oxygens (including phenoxy) is 1. The fraction of sp³-hybridized carbons (Fsp3) is 0.364. The van der Waals surface area contributed by atoms with Crippen molar-refractivity contribution >= 4 is 35.6 Å². The second-order valence-corrected chi connectivity index (χ2v) is 7.15. The fourth-order valence-corrected chi connectivity index (χ4v) is 3.66. The van der Waals surface area contributed by atoms with Gasteiger partial charge in [0.25, 0.3) is 0 Å². The van der Waals surface area contributed by atoms with Crippen LogP contribution < -0.4 is 10.1 Å². The molecular weight excluding hydrogens is 477 g/mol. The lowest BCUT2D eigenvalue weighted by Gasteiger charge is -2.34. The number of guanidine groups is 1. The van der Waals surface area contributed by atoms with Crippen LogP contribution in [0, 0.1) is 6.92 Å². The standard InChI is InChI=1S/C22H27N5O.HI/c1-17-7-6-10-21-25-18(16-27(17)21)15-24-22(23-2)26-13-11-20(12-14-26)28-19-8-4-3-5-9-19;/h3-10,16,20H,11-15H2,1-2H3,(H,23,24);1H. The highest BCUT2D eigenvalue weighted by molar-refractivity contribution is 14.0. The lowest BCUT2D eigenvalue weighted by Crippen LogP contribution is -2.47. The molecular formula is C22H28IN5O. The number of halogens is 1. The molecule has 0 unspecified atom stereocenters. The Morgan fingerprint density at radius 1 is 1.14 bits per heavy atom. The molecule has 3 heterocycles. The van der Waals surface area contributed by atoms with Gasteiger partial charge < -0.3 is 19.4 Å². The molecule has 29 heavy (non-hydrogen) atoms. The van der Waals surface area contributed by atoms with E-state index in [1.54, 1.807) is 0 Å². The van der Waals surface area contributed by atoms with Crippen LogP contribution in [0.4, 0.5) is 0 Å². The van der Waals surface area contributed by atoms with E-state index in [0.717, 1.165) is 49.0 Å². The Balaban J connectivity index is 0.00000240. The number of pyridine rings is 1. The topological polar surface area (TPSA) is 54.2 Å². The summed E-state index contributed by atoms with van der Waals surface area (Å²) in [5.41, 5.74) is 3.17. The average molecular weight is 505 g/mol. The van der Waals surface area contributed by atoms with Gasteiger partial charge in [-0.2, -0.15) is 0 Å². The van der Waals surface area contributed by atoms with Crippen LogP contribution in [0.25, 0.3) is 5.65 Å². The zero-order valence-electron chi connectivity index (χ0n) is 16.9. The maximum absolute atomic E-state index is 6.09. The lowest BCUT2D eigenvalue weighted by molar-refractivity contribution is 0.129. The molecule has 0 atom stereocenters. The molecule has 1 saturated heterocycles. The lowest BCUT2D eigenvalue weighted by atomic mass is 10.1. The van der Waals surface area contributed by atoms with Crippen molar-refractivity contribution in [2.45, 2.75) is 32.4 Å². The van der Waals surface area contributed by atoms with Gasteiger partial charge in [0.1, 0.15) is 17.5 Å². The number of rotatable bonds is 4. The van der Waals surface area contributed by atoms with Crippen molar-refractivity contribution in [3.05, 3.63) is 66.1 Å². The van der Waals surface area contributed by atoms with Gasteiger partial charge in [0.2, 0.25) is 0 Å². The van der Waals surface area contributed by atoms with Crippen LogP contribution >= 0.6 is 24.0 Å². The Hall–Kier alpha value is -2.29. The smallest absolute Gasteiger partial charge is 0.193 e. The number of likely N-dealkylation sites (tertiary alicyclic amines) is 1. The molecule has 1 aliphatic heterocycles. The van der Waals surface area contributed by atoms with Crippen molar-refractivity contribution in [2.24, 2.45) is 4.99 Å². The summed E-state index contributed by atoms with van der Waals surface area (Å²) in [6.07, 6.45) is 4.33. The first-order chi connectivity index (χ1) is 13.7. The van der Waals surface area contributed by atoms with Crippen LogP contribution in [0.5, 0.6) is 5.75 Å². The molecule has 1 fully saturated rings. The summed E-state index contributed by atoms with van der Waals surface area (Å²) >= 11 is 0. The van der Waals surface area contributed by atoms with Gasteiger partial charge in [-0.05, 0) is 31.2 Å². The number of aryl methyl sites for hydroxylation is 1. The minimum absolute atomic E-state index is 0. The quantitative estimate of drug-likeness (QED) is 0.332. The highest BCUT2D eigenvalue weighted by atomic mass is 127.